The van der Waals surface area contributed by atoms with E-state index in [2.05, 4.69) is 10.3 Å². The van der Waals surface area contributed by atoms with Gasteiger partial charge in [-0.15, -0.1) is 0 Å². The first-order chi connectivity index (χ1) is 18.6. The summed E-state index contributed by atoms with van der Waals surface area (Å²) in [5, 5.41) is 3.38. The SMILES string of the molecule is COCCOc1ccc2c(-c3ccc(NC(=O)CCc4cc(C(F)(F)F)ccc4F)cc3)c(C(N)=O)[nH]c2c1. The Morgan fingerprint density at radius 2 is 1.74 bits per heavy atom. The number of fused-ring (bicyclic) bond motifs is 1. The molecule has 11 heteroatoms. The number of methoxy groups -OCH3 is 1. The molecule has 0 aliphatic heterocycles. The number of anilines is 1. The molecular weight excluding hydrogens is 518 g/mol. The van der Waals surface area contributed by atoms with Crippen LogP contribution in [-0.4, -0.2) is 37.1 Å². The van der Waals surface area contributed by atoms with Gasteiger partial charge in [-0.2, -0.15) is 13.2 Å². The predicted octanol–water partition coefficient (Wildman–Crippen LogP) is 5.69. The zero-order chi connectivity index (χ0) is 28.2. The van der Waals surface area contributed by atoms with E-state index in [-0.39, 0.29) is 24.1 Å². The fourth-order valence-electron chi connectivity index (χ4n) is 4.13. The van der Waals surface area contributed by atoms with Crippen LogP contribution in [-0.2, 0) is 22.1 Å². The highest BCUT2D eigenvalue weighted by Gasteiger charge is 2.31. The monoisotopic (exact) mass is 543 g/mol. The molecule has 4 rings (SSSR count). The van der Waals surface area contributed by atoms with Crippen LogP contribution < -0.4 is 15.8 Å². The number of alkyl halides is 3. The number of rotatable bonds is 10. The van der Waals surface area contributed by atoms with Crippen molar-refractivity contribution in [1.82, 2.24) is 4.98 Å². The number of carbonyl (C=O) groups is 2. The van der Waals surface area contributed by atoms with Crippen molar-refractivity contribution in [3.05, 3.63) is 83.3 Å². The number of aryl methyl sites for hydroxylation is 1. The lowest BCUT2D eigenvalue weighted by atomic mass is 10.0. The summed E-state index contributed by atoms with van der Waals surface area (Å²) in [4.78, 5) is 27.6. The van der Waals surface area contributed by atoms with Gasteiger partial charge in [0.15, 0.2) is 0 Å². The summed E-state index contributed by atoms with van der Waals surface area (Å²) >= 11 is 0. The molecule has 0 spiro atoms. The number of aromatic nitrogens is 1. The van der Waals surface area contributed by atoms with Crippen LogP contribution in [0.4, 0.5) is 23.2 Å². The number of primary amides is 1. The van der Waals surface area contributed by atoms with E-state index in [0.717, 1.165) is 11.5 Å². The normalized spacial score (nSPS) is 11.5. The summed E-state index contributed by atoms with van der Waals surface area (Å²) in [6.07, 6.45) is -5.02. The second-order valence-electron chi connectivity index (χ2n) is 8.72. The number of aromatic amines is 1. The summed E-state index contributed by atoms with van der Waals surface area (Å²) in [7, 11) is 1.57. The maximum absolute atomic E-state index is 14.0. The molecule has 0 bridgehead atoms. The number of benzene rings is 3. The molecule has 1 heterocycles. The third kappa shape index (κ3) is 6.55. The quantitative estimate of drug-likeness (QED) is 0.177. The van der Waals surface area contributed by atoms with Crippen LogP contribution in [0.15, 0.2) is 60.7 Å². The highest BCUT2D eigenvalue weighted by atomic mass is 19.4. The molecule has 0 atom stereocenters. The van der Waals surface area contributed by atoms with Crippen LogP contribution in [0.25, 0.3) is 22.0 Å². The Balaban J connectivity index is 1.48. The van der Waals surface area contributed by atoms with Crippen molar-refractivity contribution in [3.8, 4) is 16.9 Å². The van der Waals surface area contributed by atoms with Gasteiger partial charge in [0.2, 0.25) is 5.91 Å². The zero-order valence-corrected chi connectivity index (χ0v) is 20.8. The van der Waals surface area contributed by atoms with E-state index in [4.69, 9.17) is 15.2 Å². The van der Waals surface area contributed by atoms with Gasteiger partial charge in [0, 0.05) is 36.2 Å². The molecular formula is C28H25F4N3O4. The molecule has 39 heavy (non-hydrogen) atoms. The Kier molecular flexibility index (Phi) is 8.20. The second kappa shape index (κ2) is 11.6. The minimum Gasteiger partial charge on any atom is -0.491 e. The molecule has 0 aliphatic rings. The largest absolute Gasteiger partial charge is 0.491 e. The lowest BCUT2D eigenvalue weighted by molar-refractivity contribution is -0.137. The summed E-state index contributed by atoms with van der Waals surface area (Å²) in [5.41, 5.74) is 6.95. The first-order valence-electron chi connectivity index (χ1n) is 11.9. The third-order valence-electron chi connectivity index (χ3n) is 6.02. The molecule has 0 unspecified atom stereocenters. The first kappa shape index (κ1) is 27.6. The molecule has 0 aliphatic carbocycles. The molecule has 7 nitrogen and oxygen atoms in total. The van der Waals surface area contributed by atoms with Gasteiger partial charge in [0.25, 0.3) is 5.91 Å². The standard InChI is InChI=1S/C28H25F4N3O4/c1-38-12-13-39-20-8-9-21-23(15-20)35-26(27(33)37)25(21)16-2-6-19(7-3-16)34-24(36)11-4-17-14-18(28(30,31)32)5-10-22(17)29/h2-3,5-10,14-15,35H,4,11-13H2,1H3,(H2,33,37)(H,34,36). The first-order valence-corrected chi connectivity index (χ1v) is 11.9. The Hall–Kier alpha value is -4.38. The fourth-order valence-corrected chi connectivity index (χ4v) is 4.13. The van der Waals surface area contributed by atoms with Gasteiger partial charge in [0.05, 0.1) is 17.7 Å². The Morgan fingerprint density at radius 3 is 2.41 bits per heavy atom. The maximum atomic E-state index is 14.0. The van der Waals surface area contributed by atoms with Crippen molar-refractivity contribution in [3.63, 3.8) is 0 Å². The van der Waals surface area contributed by atoms with E-state index in [1.807, 2.05) is 0 Å². The highest BCUT2D eigenvalue weighted by molar-refractivity contribution is 6.09. The van der Waals surface area contributed by atoms with Gasteiger partial charge in [-0.1, -0.05) is 12.1 Å². The van der Waals surface area contributed by atoms with Crippen LogP contribution >= 0.6 is 0 Å². The minimum absolute atomic E-state index is 0.194. The molecule has 2 amide bonds. The molecule has 0 fully saturated rings. The van der Waals surface area contributed by atoms with Gasteiger partial charge in [-0.05, 0) is 60.0 Å². The smallest absolute Gasteiger partial charge is 0.416 e. The molecule has 0 saturated carbocycles. The number of nitrogens with one attached hydrogen (secondary N) is 2. The number of halogens is 4. The van der Waals surface area contributed by atoms with Gasteiger partial charge in [-0.25, -0.2) is 4.39 Å². The number of hydrogen-bond donors (Lipinski definition) is 3. The topological polar surface area (TPSA) is 106 Å². The molecule has 0 radical (unpaired) electrons. The van der Waals surface area contributed by atoms with Crippen molar-refractivity contribution in [2.75, 3.05) is 25.6 Å². The molecule has 4 aromatic rings. The lowest BCUT2D eigenvalue weighted by Crippen LogP contribution is -2.13. The number of nitrogens with two attached hydrogens (primary N) is 1. The number of ether oxygens (including phenoxy) is 2. The summed E-state index contributed by atoms with van der Waals surface area (Å²) in [6.45, 7) is 0.784. The van der Waals surface area contributed by atoms with Crippen molar-refractivity contribution < 1.29 is 36.6 Å². The zero-order valence-electron chi connectivity index (χ0n) is 20.8. The average Bonchev–Trinajstić information content (AvgIpc) is 3.27. The lowest BCUT2D eigenvalue weighted by Gasteiger charge is -2.10. The minimum atomic E-state index is -4.61. The van der Waals surface area contributed by atoms with E-state index < -0.39 is 29.4 Å². The average molecular weight is 544 g/mol. The van der Waals surface area contributed by atoms with E-state index in [9.17, 15) is 27.2 Å². The van der Waals surface area contributed by atoms with Crippen LogP contribution in [0.2, 0.25) is 0 Å². The number of hydrogen-bond acceptors (Lipinski definition) is 4. The van der Waals surface area contributed by atoms with Gasteiger partial charge in [0.1, 0.15) is 23.9 Å². The van der Waals surface area contributed by atoms with E-state index >= 15 is 0 Å². The van der Waals surface area contributed by atoms with Crippen molar-refractivity contribution in [1.29, 1.82) is 0 Å². The predicted molar refractivity (Wildman–Crippen MR) is 138 cm³/mol. The van der Waals surface area contributed by atoms with Crippen LogP contribution in [0, 0.1) is 5.82 Å². The number of H-pyrrole nitrogens is 1. The number of amides is 2. The second-order valence-corrected chi connectivity index (χ2v) is 8.72. The summed E-state index contributed by atoms with van der Waals surface area (Å²) in [5.74, 6) is -1.36. The van der Waals surface area contributed by atoms with Gasteiger partial charge < -0.3 is 25.5 Å². The van der Waals surface area contributed by atoms with E-state index in [1.165, 1.54) is 0 Å². The van der Waals surface area contributed by atoms with Gasteiger partial charge in [-0.3, -0.25) is 9.59 Å². The van der Waals surface area contributed by atoms with Gasteiger partial charge >= 0.3 is 6.18 Å². The van der Waals surface area contributed by atoms with Crippen LogP contribution in [0.1, 0.15) is 28.0 Å². The molecule has 1 aromatic heterocycles. The van der Waals surface area contributed by atoms with Crippen LogP contribution in [0.5, 0.6) is 5.75 Å². The van der Waals surface area contributed by atoms with Crippen molar-refractivity contribution in [2.45, 2.75) is 19.0 Å². The van der Waals surface area contributed by atoms with E-state index in [0.29, 0.717) is 53.4 Å². The van der Waals surface area contributed by atoms with E-state index in [1.54, 1.807) is 49.6 Å². The van der Waals surface area contributed by atoms with Crippen molar-refractivity contribution in [2.24, 2.45) is 5.73 Å². The Morgan fingerprint density at radius 1 is 1.00 bits per heavy atom. The fraction of sp³-hybridized carbons (Fsp3) is 0.214. The van der Waals surface area contributed by atoms with Crippen molar-refractivity contribution >= 4 is 28.4 Å². The molecule has 4 N–H and O–H groups in total. The molecule has 3 aromatic carbocycles. The highest BCUT2D eigenvalue weighted by Crippen LogP contribution is 2.35. The summed E-state index contributed by atoms with van der Waals surface area (Å²) in [6, 6.07) is 14.1. The maximum Gasteiger partial charge on any atom is 0.416 e. The number of carbonyl (C=O) groups excluding carboxylic acids is 2. The summed E-state index contributed by atoms with van der Waals surface area (Å²) < 4.78 is 63.3. The molecule has 204 valence electrons. The van der Waals surface area contributed by atoms with Crippen LogP contribution in [0.3, 0.4) is 0 Å². The third-order valence-corrected chi connectivity index (χ3v) is 6.02. The molecule has 0 saturated heterocycles. The Bertz CT molecular complexity index is 1500. The Labute approximate surface area is 220 Å².